The third-order valence-corrected chi connectivity index (χ3v) is 7.65. The van der Waals surface area contributed by atoms with Gasteiger partial charge in [-0.15, -0.1) is 0 Å². The first-order valence-electron chi connectivity index (χ1n) is 12.3. The summed E-state index contributed by atoms with van der Waals surface area (Å²) in [6.45, 7) is 6.83. The molecule has 0 bridgehead atoms. The number of halogens is 2. The molecule has 0 unspecified atom stereocenters. The van der Waals surface area contributed by atoms with Crippen LogP contribution in [0.15, 0.2) is 77.9 Å². The van der Waals surface area contributed by atoms with Crippen LogP contribution in [0.1, 0.15) is 44.0 Å². The number of nitrogens with one attached hydrogen (secondary N) is 1. The van der Waals surface area contributed by atoms with Gasteiger partial charge in [-0.25, -0.2) is 5.43 Å². The van der Waals surface area contributed by atoms with E-state index in [1.165, 1.54) is 16.7 Å². The van der Waals surface area contributed by atoms with Crippen LogP contribution in [0.3, 0.4) is 0 Å². The Labute approximate surface area is 227 Å². The number of nitrogens with zero attached hydrogens (tertiary/aromatic N) is 3. The summed E-state index contributed by atoms with van der Waals surface area (Å²) in [5.74, 6) is -0.249. The minimum atomic E-state index is -0.249. The van der Waals surface area contributed by atoms with E-state index in [2.05, 4.69) is 39.7 Å². The Morgan fingerprint density at radius 1 is 1.00 bits per heavy atom. The molecule has 5 rings (SSSR count). The van der Waals surface area contributed by atoms with Crippen LogP contribution in [0.2, 0.25) is 10.0 Å². The second-order valence-electron chi connectivity index (χ2n) is 9.36. The lowest BCUT2D eigenvalue weighted by atomic mass is 9.99. The van der Waals surface area contributed by atoms with Crippen molar-refractivity contribution in [3.8, 4) is 5.69 Å². The number of aromatic nitrogens is 1. The van der Waals surface area contributed by atoms with Gasteiger partial charge >= 0.3 is 0 Å². The maximum Gasteiger partial charge on any atom is 0.271 e. The average molecular weight is 531 g/mol. The Morgan fingerprint density at radius 3 is 2.54 bits per heavy atom. The smallest absolute Gasteiger partial charge is 0.271 e. The van der Waals surface area contributed by atoms with Gasteiger partial charge in [0.1, 0.15) is 0 Å². The van der Waals surface area contributed by atoms with Crippen molar-refractivity contribution in [1.29, 1.82) is 0 Å². The summed E-state index contributed by atoms with van der Waals surface area (Å²) in [7, 11) is 0. The van der Waals surface area contributed by atoms with Crippen molar-refractivity contribution in [2.24, 2.45) is 5.10 Å². The number of hydrazone groups is 1. The van der Waals surface area contributed by atoms with E-state index in [1.54, 1.807) is 12.3 Å². The van der Waals surface area contributed by atoms with Gasteiger partial charge in [-0.1, -0.05) is 65.7 Å². The molecule has 0 saturated carbocycles. The van der Waals surface area contributed by atoms with Gasteiger partial charge in [0.2, 0.25) is 0 Å². The van der Waals surface area contributed by atoms with E-state index in [4.69, 9.17) is 23.2 Å². The third-order valence-electron chi connectivity index (χ3n) is 6.84. The van der Waals surface area contributed by atoms with E-state index in [-0.39, 0.29) is 5.91 Å². The fraction of sp³-hybridized carbons (Fsp3) is 0.200. The van der Waals surface area contributed by atoms with Crippen molar-refractivity contribution in [3.63, 3.8) is 0 Å². The minimum absolute atomic E-state index is 0.249. The number of benzene rings is 3. The van der Waals surface area contributed by atoms with Crippen LogP contribution in [0.4, 0.5) is 0 Å². The molecular formula is C30H28Cl2N4O. The molecule has 0 radical (unpaired) electrons. The first-order valence-corrected chi connectivity index (χ1v) is 13.0. The van der Waals surface area contributed by atoms with Crippen LogP contribution in [0.5, 0.6) is 0 Å². The molecule has 5 nitrogen and oxygen atoms in total. The van der Waals surface area contributed by atoms with E-state index in [0.29, 0.717) is 15.6 Å². The van der Waals surface area contributed by atoms with Gasteiger partial charge in [0, 0.05) is 42.1 Å². The molecule has 0 saturated heterocycles. The third kappa shape index (κ3) is 5.49. The molecule has 1 aliphatic heterocycles. The van der Waals surface area contributed by atoms with Crippen LogP contribution in [-0.2, 0) is 19.5 Å². The van der Waals surface area contributed by atoms with Gasteiger partial charge in [0.15, 0.2) is 0 Å². The maximum absolute atomic E-state index is 12.7. The summed E-state index contributed by atoms with van der Waals surface area (Å²) in [4.78, 5) is 15.1. The van der Waals surface area contributed by atoms with E-state index in [0.717, 1.165) is 48.7 Å². The highest BCUT2D eigenvalue weighted by atomic mass is 35.5. The number of rotatable bonds is 6. The monoisotopic (exact) mass is 530 g/mol. The van der Waals surface area contributed by atoms with Gasteiger partial charge in [0.25, 0.3) is 5.91 Å². The molecule has 4 aromatic rings. The molecule has 0 atom stereocenters. The van der Waals surface area contributed by atoms with Gasteiger partial charge in [0.05, 0.1) is 21.9 Å². The van der Waals surface area contributed by atoms with Crippen molar-refractivity contribution >= 4 is 35.3 Å². The molecule has 7 heteroatoms. The zero-order chi connectivity index (χ0) is 25.9. The molecule has 0 spiro atoms. The predicted octanol–water partition coefficient (Wildman–Crippen LogP) is 6.72. The van der Waals surface area contributed by atoms with Crippen molar-refractivity contribution in [3.05, 3.63) is 122 Å². The average Bonchev–Trinajstić information content (AvgIpc) is 3.18. The fourth-order valence-corrected chi connectivity index (χ4v) is 5.27. The van der Waals surface area contributed by atoms with Crippen LogP contribution < -0.4 is 5.43 Å². The first kappa shape index (κ1) is 25.3. The van der Waals surface area contributed by atoms with E-state index < -0.39 is 0 Å². The Kier molecular flexibility index (Phi) is 7.47. The summed E-state index contributed by atoms with van der Waals surface area (Å²) >= 11 is 12.6. The summed E-state index contributed by atoms with van der Waals surface area (Å²) in [5.41, 5.74) is 10.9. The standard InChI is InChI=1S/C30H28Cl2N4O/c1-20-16-26(21(2)36(20)28-9-5-8-27(31)29(28)32)17-33-34-30(37)24-12-10-22(11-13-24)18-35-15-14-23-6-3-4-7-25(23)19-35/h3-13,16-17H,14-15,18-19H2,1-2H3,(H,34,37)/b33-17+. The molecule has 2 heterocycles. The van der Waals surface area contributed by atoms with Crippen molar-refractivity contribution in [1.82, 2.24) is 14.9 Å². The Bertz CT molecular complexity index is 1470. The largest absolute Gasteiger partial charge is 0.316 e. The molecule has 188 valence electrons. The van der Waals surface area contributed by atoms with Crippen LogP contribution in [0, 0.1) is 13.8 Å². The minimum Gasteiger partial charge on any atom is -0.316 e. The molecule has 37 heavy (non-hydrogen) atoms. The Hall–Kier alpha value is -3.38. The van der Waals surface area contributed by atoms with Crippen LogP contribution >= 0.6 is 23.2 Å². The highest BCUT2D eigenvalue weighted by Crippen LogP contribution is 2.31. The zero-order valence-corrected chi connectivity index (χ0v) is 22.4. The molecule has 0 aliphatic carbocycles. The number of carbonyl (C=O) groups excluding carboxylic acids is 1. The molecular weight excluding hydrogens is 503 g/mol. The number of aryl methyl sites for hydroxylation is 1. The van der Waals surface area contributed by atoms with Crippen LogP contribution in [0.25, 0.3) is 5.69 Å². The summed E-state index contributed by atoms with van der Waals surface area (Å²) < 4.78 is 2.02. The number of amides is 1. The first-order chi connectivity index (χ1) is 17.9. The zero-order valence-electron chi connectivity index (χ0n) is 20.8. The van der Waals surface area contributed by atoms with Crippen LogP contribution in [-0.4, -0.2) is 28.1 Å². The second-order valence-corrected chi connectivity index (χ2v) is 10.1. The number of carbonyl (C=O) groups is 1. The fourth-order valence-electron chi connectivity index (χ4n) is 4.89. The number of fused-ring (bicyclic) bond motifs is 1. The predicted molar refractivity (Wildman–Crippen MR) is 151 cm³/mol. The maximum atomic E-state index is 12.7. The van der Waals surface area contributed by atoms with E-state index in [1.807, 2.05) is 60.9 Å². The molecule has 1 N–H and O–H groups in total. The normalized spacial score (nSPS) is 13.6. The van der Waals surface area contributed by atoms with Crippen molar-refractivity contribution in [2.75, 3.05) is 6.54 Å². The van der Waals surface area contributed by atoms with Gasteiger partial charge in [-0.3, -0.25) is 9.69 Å². The molecule has 1 aromatic heterocycles. The van der Waals surface area contributed by atoms with Crippen molar-refractivity contribution < 1.29 is 4.79 Å². The highest BCUT2D eigenvalue weighted by Gasteiger charge is 2.16. The quantitative estimate of drug-likeness (QED) is 0.222. The second kappa shape index (κ2) is 10.9. The summed E-state index contributed by atoms with van der Waals surface area (Å²) in [6, 6.07) is 23.9. The molecule has 3 aromatic carbocycles. The molecule has 1 aliphatic rings. The lowest BCUT2D eigenvalue weighted by molar-refractivity contribution is 0.0955. The van der Waals surface area contributed by atoms with Gasteiger partial charge < -0.3 is 4.57 Å². The molecule has 0 fully saturated rings. The Balaban J connectivity index is 1.21. The summed E-state index contributed by atoms with van der Waals surface area (Å²) in [5, 5.41) is 5.20. The van der Waals surface area contributed by atoms with Gasteiger partial charge in [-0.2, -0.15) is 5.10 Å². The lowest BCUT2D eigenvalue weighted by Gasteiger charge is -2.28. The van der Waals surface area contributed by atoms with E-state index in [9.17, 15) is 4.79 Å². The Morgan fingerprint density at radius 2 is 1.76 bits per heavy atom. The molecule has 1 amide bonds. The van der Waals surface area contributed by atoms with Gasteiger partial charge in [-0.05, 0) is 67.3 Å². The van der Waals surface area contributed by atoms with Crippen molar-refractivity contribution in [2.45, 2.75) is 33.4 Å². The number of hydrogen-bond acceptors (Lipinski definition) is 3. The topological polar surface area (TPSA) is 49.6 Å². The number of hydrogen-bond donors (Lipinski definition) is 1. The highest BCUT2D eigenvalue weighted by molar-refractivity contribution is 6.43. The lowest BCUT2D eigenvalue weighted by Crippen LogP contribution is -2.30. The summed E-state index contributed by atoms with van der Waals surface area (Å²) in [6.07, 6.45) is 2.72. The SMILES string of the molecule is Cc1cc(/C=N/NC(=O)c2ccc(CN3CCc4ccccc4C3)cc2)c(C)n1-c1cccc(Cl)c1Cl. The van der Waals surface area contributed by atoms with E-state index >= 15 is 0 Å².